The summed E-state index contributed by atoms with van der Waals surface area (Å²) in [5, 5.41) is 9.78. The van der Waals surface area contributed by atoms with E-state index in [2.05, 4.69) is 24.1 Å². The number of anilines is 1. The van der Waals surface area contributed by atoms with Crippen molar-refractivity contribution in [3.8, 4) is 0 Å². The third-order valence-electron chi connectivity index (χ3n) is 3.81. The summed E-state index contributed by atoms with van der Waals surface area (Å²) in [6, 6.07) is 8.83. The van der Waals surface area contributed by atoms with Crippen LogP contribution < -0.4 is 4.90 Å². The number of nitrogens with zero attached hydrogens (tertiary/aromatic N) is 1. The number of hydrogen-bond acceptors (Lipinski definition) is 3. The van der Waals surface area contributed by atoms with Crippen LogP contribution in [0.2, 0.25) is 0 Å². The van der Waals surface area contributed by atoms with Crippen LogP contribution in [0.15, 0.2) is 24.3 Å². The number of ether oxygens (including phenoxy) is 1. The molecule has 1 aliphatic heterocycles. The van der Waals surface area contributed by atoms with E-state index >= 15 is 0 Å². The van der Waals surface area contributed by atoms with Crippen LogP contribution in [0.25, 0.3) is 0 Å². The Hall–Kier alpha value is -1.06. The molecule has 1 aromatic carbocycles. The molecule has 0 spiro atoms. The quantitative estimate of drug-likeness (QED) is 0.890. The Kier molecular flexibility index (Phi) is 4.61. The number of benzene rings is 1. The second kappa shape index (κ2) is 6.21. The fourth-order valence-electron chi connectivity index (χ4n) is 2.45. The lowest BCUT2D eigenvalue weighted by Crippen LogP contribution is -2.36. The Morgan fingerprint density at radius 3 is 2.44 bits per heavy atom. The van der Waals surface area contributed by atoms with Gasteiger partial charge in [0.05, 0.1) is 6.10 Å². The van der Waals surface area contributed by atoms with Gasteiger partial charge < -0.3 is 14.7 Å². The first-order chi connectivity index (χ1) is 8.72. The monoisotopic (exact) mass is 249 g/mol. The maximum atomic E-state index is 9.78. The molecule has 18 heavy (non-hydrogen) atoms. The highest BCUT2D eigenvalue weighted by molar-refractivity contribution is 5.48. The van der Waals surface area contributed by atoms with E-state index in [-0.39, 0.29) is 6.10 Å². The second-order valence-electron chi connectivity index (χ2n) is 4.97. The van der Waals surface area contributed by atoms with Crippen molar-refractivity contribution in [3.05, 3.63) is 29.8 Å². The summed E-state index contributed by atoms with van der Waals surface area (Å²) in [5.74, 6) is 0. The first kappa shape index (κ1) is 13.4. The van der Waals surface area contributed by atoms with E-state index in [0.29, 0.717) is 6.04 Å². The molecule has 1 atom stereocenters. The van der Waals surface area contributed by atoms with Crippen LogP contribution in [-0.2, 0) is 4.74 Å². The summed E-state index contributed by atoms with van der Waals surface area (Å²) in [4.78, 5) is 2.32. The van der Waals surface area contributed by atoms with Crippen LogP contribution in [0.4, 0.5) is 5.69 Å². The molecule has 0 saturated carbocycles. The first-order valence-corrected chi connectivity index (χ1v) is 6.81. The van der Waals surface area contributed by atoms with Crippen LogP contribution in [0.5, 0.6) is 0 Å². The van der Waals surface area contributed by atoms with E-state index in [1.165, 1.54) is 5.69 Å². The largest absolute Gasteiger partial charge is 0.388 e. The van der Waals surface area contributed by atoms with Crippen molar-refractivity contribution in [3.63, 3.8) is 0 Å². The van der Waals surface area contributed by atoms with E-state index in [4.69, 9.17) is 4.74 Å². The minimum absolute atomic E-state index is 0.340. The predicted octanol–water partition coefficient (Wildman–Crippen LogP) is 2.75. The molecule has 1 fully saturated rings. The van der Waals surface area contributed by atoms with Crippen molar-refractivity contribution in [2.24, 2.45) is 0 Å². The van der Waals surface area contributed by atoms with Gasteiger partial charge >= 0.3 is 0 Å². The maximum Gasteiger partial charge on any atom is 0.0787 e. The predicted molar refractivity (Wildman–Crippen MR) is 73.9 cm³/mol. The molecule has 0 amide bonds. The maximum absolute atomic E-state index is 9.78. The lowest BCUT2D eigenvalue weighted by Gasteiger charge is -2.33. The zero-order valence-corrected chi connectivity index (χ0v) is 11.3. The second-order valence-corrected chi connectivity index (χ2v) is 4.97. The Morgan fingerprint density at radius 1 is 1.28 bits per heavy atom. The van der Waals surface area contributed by atoms with Gasteiger partial charge in [0, 0.05) is 32.0 Å². The van der Waals surface area contributed by atoms with Crippen molar-refractivity contribution in [2.75, 3.05) is 25.2 Å². The molecular formula is C15H23NO2. The van der Waals surface area contributed by atoms with Gasteiger partial charge in [-0.2, -0.15) is 0 Å². The van der Waals surface area contributed by atoms with Crippen LogP contribution in [0.1, 0.15) is 37.9 Å². The topological polar surface area (TPSA) is 32.7 Å². The normalized spacial score (nSPS) is 18.6. The fourth-order valence-corrected chi connectivity index (χ4v) is 2.45. The van der Waals surface area contributed by atoms with E-state index in [9.17, 15) is 5.11 Å². The molecular weight excluding hydrogens is 226 g/mol. The van der Waals surface area contributed by atoms with Crippen molar-refractivity contribution in [2.45, 2.75) is 38.3 Å². The smallest absolute Gasteiger partial charge is 0.0787 e. The van der Waals surface area contributed by atoms with Gasteiger partial charge in [0.2, 0.25) is 0 Å². The average molecular weight is 249 g/mol. The van der Waals surface area contributed by atoms with Gasteiger partial charge in [0.25, 0.3) is 0 Å². The van der Waals surface area contributed by atoms with E-state index in [0.717, 1.165) is 38.0 Å². The van der Waals surface area contributed by atoms with Gasteiger partial charge in [-0.25, -0.2) is 0 Å². The highest BCUT2D eigenvalue weighted by atomic mass is 16.5. The Morgan fingerprint density at radius 2 is 1.89 bits per heavy atom. The van der Waals surface area contributed by atoms with Gasteiger partial charge in [0.15, 0.2) is 0 Å². The molecule has 3 nitrogen and oxygen atoms in total. The number of aliphatic hydroxyl groups excluding tert-OH is 1. The van der Waals surface area contributed by atoms with E-state index in [1.807, 2.05) is 19.1 Å². The van der Waals surface area contributed by atoms with Crippen LogP contribution in [0, 0.1) is 0 Å². The molecule has 1 heterocycles. The highest BCUT2D eigenvalue weighted by Gasteiger charge is 2.18. The molecule has 0 bridgehead atoms. The molecule has 0 aromatic heterocycles. The average Bonchev–Trinajstić information content (AvgIpc) is 2.47. The van der Waals surface area contributed by atoms with Gasteiger partial charge in [-0.1, -0.05) is 19.1 Å². The zero-order valence-electron chi connectivity index (χ0n) is 11.3. The van der Waals surface area contributed by atoms with Crippen LogP contribution in [-0.4, -0.2) is 31.4 Å². The number of hydrogen-bond donors (Lipinski definition) is 1. The van der Waals surface area contributed by atoms with E-state index < -0.39 is 0 Å². The highest BCUT2D eigenvalue weighted by Crippen LogP contribution is 2.24. The summed E-state index contributed by atoms with van der Waals surface area (Å²) < 4.78 is 5.39. The molecule has 1 aliphatic rings. The number of rotatable bonds is 4. The third kappa shape index (κ3) is 3.03. The lowest BCUT2D eigenvalue weighted by molar-refractivity contribution is 0.0855. The minimum atomic E-state index is -0.340. The summed E-state index contributed by atoms with van der Waals surface area (Å²) in [6.07, 6.45) is 2.60. The first-order valence-electron chi connectivity index (χ1n) is 6.81. The Balaban J connectivity index is 2.03. The molecule has 3 heteroatoms. The van der Waals surface area contributed by atoms with Crippen molar-refractivity contribution in [1.29, 1.82) is 0 Å². The molecule has 1 aromatic rings. The molecule has 1 saturated heterocycles. The van der Waals surface area contributed by atoms with Gasteiger partial charge in [0.1, 0.15) is 0 Å². The van der Waals surface area contributed by atoms with E-state index in [1.54, 1.807) is 0 Å². The third-order valence-corrected chi connectivity index (χ3v) is 3.81. The molecule has 100 valence electrons. The molecule has 1 N–H and O–H groups in total. The molecule has 2 rings (SSSR count). The molecule has 0 unspecified atom stereocenters. The van der Waals surface area contributed by atoms with Gasteiger partial charge in [-0.15, -0.1) is 0 Å². The summed E-state index contributed by atoms with van der Waals surface area (Å²) >= 11 is 0. The summed E-state index contributed by atoms with van der Waals surface area (Å²) in [5.41, 5.74) is 2.22. The molecule has 0 aliphatic carbocycles. The van der Waals surface area contributed by atoms with Gasteiger partial charge in [-0.05, 0) is 37.0 Å². The summed E-state index contributed by atoms with van der Waals surface area (Å²) in [6.45, 7) is 3.72. The SMILES string of the molecule is CC[C@@H](O)c1ccc(N(C)C2CCOCC2)cc1. The van der Waals surface area contributed by atoms with Crippen molar-refractivity contribution < 1.29 is 9.84 Å². The van der Waals surface area contributed by atoms with Crippen molar-refractivity contribution in [1.82, 2.24) is 0 Å². The van der Waals surface area contributed by atoms with Crippen LogP contribution >= 0.6 is 0 Å². The fraction of sp³-hybridized carbons (Fsp3) is 0.600. The standard InChI is InChI=1S/C15H23NO2/c1-3-15(17)12-4-6-13(7-5-12)16(2)14-8-10-18-11-9-14/h4-7,14-15,17H,3,8-11H2,1-2H3/t15-/m1/s1. The minimum Gasteiger partial charge on any atom is -0.388 e. The van der Waals surface area contributed by atoms with Gasteiger partial charge in [-0.3, -0.25) is 0 Å². The van der Waals surface area contributed by atoms with Crippen LogP contribution in [0.3, 0.4) is 0 Å². The lowest BCUT2D eigenvalue weighted by atomic mass is 10.0. The Labute approximate surface area is 109 Å². The summed E-state index contributed by atoms with van der Waals surface area (Å²) in [7, 11) is 2.14. The number of aliphatic hydroxyl groups is 1. The van der Waals surface area contributed by atoms with Crippen molar-refractivity contribution >= 4 is 5.69 Å². The zero-order chi connectivity index (χ0) is 13.0. The molecule has 0 radical (unpaired) electrons. The Bertz CT molecular complexity index is 357.